The van der Waals surface area contributed by atoms with E-state index in [0.29, 0.717) is 13.0 Å². The molecule has 0 aromatic heterocycles. The molecule has 0 unspecified atom stereocenters. The summed E-state index contributed by atoms with van der Waals surface area (Å²) in [4.78, 5) is 14.0. The van der Waals surface area contributed by atoms with Crippen molar-refractivity contribution in [2.24, 2.45) is 4.99 Å². The standard InChI is InChI=1S/C9H16N2O/c1-3-4-5-9(10-2)6-7-11-8-12/h4-5,8H,3,6-7H2,1-2H3,(H,11,12)/b5-4-,10-9?. The third-order valence-corrected chi connectivity index (χ3v) is 1.44. The molecular formula is C9H16N2O. The van der Waals surface area contributed by atoms with Gasteiger partial charge < -0.3 is 5.32 Å². The molecule has 0 aliphatic carbocycles. The lowest BCUT2D eigenvalue weighted by Crippen LogP contribution is -2.15. The molecule has 68 valence electrons. The van der Waals surface area contributed by atoms with Crippen LogP contribution in [0.25, 0.3) is 0 Å². The van der Waals surface area contributed by atoms with E-state index in [1.807, 2.05) is 6.08 Å². The van der Waals surface area contributed by atoms with Crippen molar-refractivity contribution in [1.82, 2.24) is 5.32 Å². The SMILES string of the molecule is CC/C=C\C(CCNC=O)=NC. The Morgan fingerprint density at radius 1 is 1.58 bits per heavy atom. The number of nitrogens with zero attached hydrogens (tertiary/aromatic N) is 1. The van der Waals surface area contributed by atoms with E-state index >= 15 is 0 Å². The average molecular weight is 168 g/mol. The quantitative estimate of drug-likeness (QED) is 0.361. The molecule has 1 amide bonds. The van der Waals surface area contributed by atoms with Crippen molar-refractivity contribution in [1.29, 1.82) is 0 Å². The Morgan fingerprint density at radius 2 is 2.33 bits per heavy atom. The lowest BCUT2D eigenvalue weighted by atomic mass is 10.2. The Hall–Kier alpha value is -1.12. The van der Waals surface area contributed by atoms with Crippen molar-refractivity contribution in [2.75, 3.05) is 13.6 Å². The molecular weight excluding hydrogens is 152 g/mol. The minimum atomic E-state index is 0.657. The van der Waals surface area contributed by atoms with E-state index < -0.39 is 0 Å². The molecule has 0 atom stereocenters. The summed E-state index contributed by atoms with van der Waals surface area (Å²) in [7, 11) is 1.76. The maximum atomic E-state index is 9.92. The largest absolute Gasteiger partial charge is 0.358 e. The van der Waals surface area contributed by atoms with E-state index in [9.17, 15) is 4.79 Å². The maximum Gasteiger partial charge on any atom is 0.207 e. The van der Waals surface area contributed by atoms with Crippen LogP contribution in [0, 0.1) is 0 Å². The van der Waals surface area contributed by atoms with Crippen molar-refractivity contribution in [3.8, 4) is 0 Å². The highest BCUT2D eigenvalue weighted by Crippen LogP contribution is 1.89. The van der Waals surface area contributed by atoms with Crippen LogP contribution in [0.3, 0.4) is 0 Å². The molecule has 12 heavy (non-hydrogen) atoms. The number of carbonyl (C=O) groups excluding carboxylic acids is 1. The van der Waals surface area contributed by atoms with E-state index in [4.69, 9.17) is 0 Å². The highest BCUT2D eigenvalue weighted by molar-refractivity contribution is 5.95. The Bertz CT molecular complexity index is 173. The second-order valence-electron chi connectivity index (χ2n) is 2.35. The van der Waals surface area contributed by atoms with Crippen LogP contribution in [0.1, 0.15) is 19.8 Å². The van der Waals surface area contributed by atoms with Gasteiger partial charge in [0, 0.05) is 25.7 Å². The lowest BCUT2D eigenvalue weighted by Gasteiger charge is -1.98. The van der Waals surface area contributed by atoms with Crippen molar-refractivity contribution in [2.45, 2.75) is 19.8 Å². The van der Waals surface area contributed by atoms with Crippen LogP contribution in [0.15, 0.2) is 17.1 Å². The second-order valence-corrected chi connectivity index (χ2v) is 2.35. The Morgan fingerprint density at radius 3 is 2.83 bits per heavy atom. The molecule has 1 N–H and O–H groups in total. The fourth-order valence-corrected chi connectivity index (χ4v) is 0.783. The van der Waals surface area contributed by atoms with Gasteiger partial charge >= 0.3 is 0 Å². The van der Waals surface area contributed by atoms with Crippen molar-refractivity contribution >= 4 is 12.1 Å². The molecule has 0 saturated heterocycles. The molecule has 0 aliphatic rings. The second kappa shape index (κ2) is 7.98. The third kappa shape index (κ3) is 5.65. The van der Waals surface area contributed by atoms with Gasteiger partial charge in [-0.1, -0.05) is 13.0 Å². The summed E-state index contributed by atoms with van der Waals surface area (Å²) in [5.74, 6) is 0. The molecule has 3 nitrogen and oxygen atoms in total. The highest BCUT2D eigenvalue weighted by Gasteiger charge is 1.91. The van der Waals surface area contributed by atoms with Gasteiger partial charge in [0.05, 0.1) is 0 Å². The topological polar surface area (TPSA) is 41.5 Å². The monoisotopic (exact) mass is 168 g/mol. The lowest BCUT2D eigenvalue weighted by molar-refractivity contribution is -0.109. The van der Waals surface area contributed by atoms with Crippen LogP contribution in [-0.2, 0) is 4.79 Å². The van der Waals surface area contributed by atoms with Gasteiger partial charge in [0.25, 0.3) is 0 Å². The van der Waals surface area contributed by atoms with Gasteiger partial charge in [0.15, 0.2) is 0 Å². The van der Waals surface area contributed by atoms with Gasteiger partial charge in [-0.3, -0.25) is 9.79 Å². The number of carbonyl (C=O) groups is 1. The number of nitrogens with one attached hydrogen (secondary N) is 1. The molecule has 0 aliphatic heterocycles. The van der Waals surface area contributed by atoms with Crippen molar-refractivity contribution in [3.63, 3.8) is 0 Å². The zero-order valence-electron chi connectivity index (χ0n) is 7.71. The number of rotatable bonds is 6. The van der Waals surface area contributed by atoms with E-state index in [0.717, 1.165) is 18.6 Å². The van der Waals surface area contributed by atoms with E-state index in [-0.39, 0.29) is 0 Å². The number of allylic oxidation sites excluding steroid dienone is 2. The first-order valence-corrected chi connectivity index (χ1v) is 4.14. The predicted molar refractivity (Wildman–Crippen MR) is 51.5 cm³/mol. The third-order valence-electron chi connectivity index (χ3n) is 1.44. The van der Waals surface area contributed by atoms with Gasteiger partial charge in [0.1, 0.15) is 0 Å². The van der Waals surface area contributed by atoms with E-state index in [1.54, 1.807) is 7.05 Å². The molecule has 0 rings (SSSR count). The summed E-state index contributed by atoms with van der Waals surface area (Å²) in [6, 6.07) is 0. The number of hydrogen-bond acceptors (Lipinski definition) is 2. The predicted octanol–water partition coefficient (Wildman–Crippen LogP) is 1.16. The van der Waals surface area contributed by atoms with Crippen LogP contribution in [-0.4, -0.2) is 25.7 Å². The van der Waals surface area contributed by atoms with Gasteiger partial charge in [-0.15, -0.1) is 0 Å². The molecule has 0 saturated carbocycles. The van der Waals surface area contributed by atoms with Gasteiger partial charge in [-0.25, -0.2) is 0 Å². The Labute approximate surface area is 73.6 Å². The van der Waals surface area contributed by atoms with Crippen LogP contribution in [0.5, 0.6) is 0 Å². The molecule has 0 heterocycles. The zero-order valence-corrected chi connectivity index (χ0v) is 7.71. The summed E-state index contributed by atoms with van der Waals surface area (Å²) in [6.45, 7) is 2.73. The average Bonchev–Trinajstić information content (AvgIpc) is 2.11. The van der Waals surface area contributed by atoms with Crippen LogP contribution >= 0.6 is 0 Å². The van der Waals surface area contributed by atoms with Crippen LogP contribution in [0.4, 0.5) is 0 Å². The zero-order chi connectivity index (χ0) is 9.23. The first-order valence-electron chi connectivity index (χ1n) is 4.14. The molecule has 0 aromatic carbocycles. The minimum Gasteiger partial charge on any atom is -0.358 e. The highest BCUT2D eigenvalue weighted by atomic mass is 16.1. The smallest absolute Gasteiger partial charge is 0.207 e. The summed E-state index contributed by atoms with van der Waals surface area (Å²) in [5.41, 5.74) is 1.02. The maximum absolute atomic E-state index is 9.92. The van der Waals surface area contributed by atoms with E-state index in [2.05, 4.69) is 23.3 Å². The Balaban J connectivity index is 3.69. The normalized spacial score (nSPS) is 12.0. The van der Waals surface area contributed by atoms with Crippen molar-refractivity contribution < 1.29 is 4.79 Å². The van der Waals surface area contributed by atoms with Gasteiger partial charge in [-0.05, 0) is 12.5 Å². The number of hydrogen-bond donors (Lipinski definition) is 1. The van der Waals surface area contributed by atoms with E-state index in [1.165, 1.54) is 0 Å². The first kappa shape index (κ1) is 10.9. The fourth-order valence-electron chi connectivity index (χ4n) is 0.783. The first-order chi connectivity index (χ1) is 5.85. The summed E-state index contributed by atoms with van der Waals surface area (Å²) >= 11 is 0. The molecule has 0 spiro atoms. The Kier molecular flexibility index (Phi) is 7.24. The van der Waals surface area contributed by atoms with Gasteiger partial charge in [0.2, 0.25) is 6.41 Å². The summed E-state index contributed by atoms with van der Waals surface area (Å²) < 4.78 is 0. The molecule has 0 radical (unpaired) electrons. The number of aliphatic imine (C=N–C) groups is 1. The van der Waals surface area contributed by atoms with Crippen LogP contribution in [0.2, 0.25) is 0 Å². The molecule has 0 bridgehead atoms. The van der Waals surface area contributed by atoms with Crippen LogP contribution < -0.4 is 5.32 Å². The molecule has 0 aromatic rings. The summed E-state index contributed by atoms with van der Waals surface area (Å²) in [6.07, 6.45) is 6.57. The number of amides is 1. The fraction of sp³-hybridized carbons (Fsp3) is 0.556. The summed E-state index contributed by atoms with van der Waals surface area (Å²) in [5, 5.41) is 2.59. The molecule has 3 heteroatoms. The minimum absolute atomic E-state index is 0.657. The van der Waals surface area contributed by atoms with Gasteiger partial charge in [-0.2, -0.15) is 0 Å². The molecule has 0 fully saturated rings. The van der Waals surface area contributed by atoms with Crippen molar-refractivity contribution in [3.05, 3.63) is 12.2 Å².